The van der Waals surface area contributed by atoms with Gasteiger partial charge in [-0.1, -0.05) is 23.4 Å². The van der Waals surface area contributed by atoms with E-state index in [0.29, 0.717) is 29.6 Å². The monoisotopic (exact) mass is 441 g/mol. The third-order valence-corrected chi connectivity index (χ3v) is 6.32. The second kappa shape index (κ2) is 8.89. The number of amides is 1. The van der Waals surface area contributed by atoms with Crippen molar-refractivity contribution in [1.82, 2.24) is 15.0 Å². The first-order valence-electron chi connectivity index (χ1n) is 10.0. The van der Waals surface area contributed by atoms with E-state index in [1.54, 1.807) is 29.2 Å². The lowest BCUT2D eigenvalue weighted by Gasteiger charge is -2.33. The number of rotatable bonds is 6. The Morgan fingerprint density at radius 2 is 1.87 bits per heavy atom. The van der Waals surface area contributed by atoms with Gasteiger partial charge >= 0.3 is 0 Å². The minimum atomic E-state index is -3.28. The van der Waals surface area contributed by atoms with E-state index in [2.05, 4.69) is 10.1 Å². The third-order valence-electron chi connectivity index (χ3n) is 5.20. The molecule has 0 saturated carbocycles. The van der Waals surface area contributed by atoms with Gasteiger partial charge < -0.3 is 14.2 Å². The summed E-state index contributed by atoms with van der Waals surface area (Å²) in [6.07, 6.45) is 3.74. The van der Waals surface area contributed by atoms with Crippen LogP contribution in [0.15, 0.2) is 64.0 Å². The molecular weight excluding hydrogens is 418 g/mol. The van der Waals surface area contributed by atoms with Crippen molar-refractivity contribution in [3.8, 4) is 17.1 Å². The smallest absolute Gasteiger partial charge is 0.261 e. The Kier molecular flexibility index (Phi) is 6.03. The molecule has 1 unspecified atom stereocenters. The van der Waals surface area contributed by atoms with E-state index in [1.165, 1.54) is 12.1 Å². The molecule has 0 bridgehead atoms. The largest absolute Gasteiger partial charge is 0.484 e. The van der Waals surface area contributed by atoms with Gasteiger partial charge in [0.2, 0.25) is 11.7 Å². The molecule has 1 aromatic heterocycles. The van der Waals surface area contributed by atoms with E-state index < -0.39 is 9.84 Å². The zero-order valence-corrected chi connectivity index (χ0v) is 17.9. The van der Waals surface area contributed by atoms with E-state index in [-0.39, 0.29) is 23.5 Å². The second-order valence-corrected chi connectivity index (χ2v) is 9.47. The first-order valence-corrected chi connectivity index (χ1v) is 11.9. The van der Waals surface area contributed by atoms with Gasteiger partial charge in [0.1, 0.15) is 11.8 Å². The molecule has 0 radical (unpaired) electrons. The summed E-state index contributed by atoms with van der Waals surface area (Å²) in [4.78, 5) is 19.3. The number of piperidine rings is 1. The summed E-state index contributed by atoms with van der Waals surface area (Å²) in [6.45, 7) is 0.539. The van der Waals surface area contributed by atoms with Gasteiger partial charge in [0.05, 0.1) is 4.90 Å². The van der Waals surface area contributed by atoms with Crippen LogP contribution in [-0.2, 0) is 14.6 Å². The van der Waals surface area contributed by atoms with Crippen LogP contribution in [-0.4, -0.2) is 48.8 Å². The van der Waals surface area contributed by atoms with Crippen molar-refractivity contribution in [2.45, 2.75) is 30.2 Å². The van der Waals surface area contributed by atoms with E-state index in [9.17, 15) is 13.2 Å². The number of ether oxygens (including phenoxy) is 1. The Balaban J connectivity index is 1.48. The normalized spacial score (nSPS) is 16.8. The van der Waals surface area contributed by atoms with Crippen molar-refractivity contribution in [2.24, 2.45) is 0 Å². The first kappa shape index (κ1) is 21.0. The lowest BCUT2D eigenvalue weighted by Crippen LogP contribution is -2.41. The summed E-state index contributed by atoms with van der Waals surface area (Å²) >= 11 is 0. The standard InChI is InChI=1S/C22H23N3O5S/c1-31(27,28)18-12-10-16(11-13-18)21-23-22(30-24-21)19-9-5-6-14-25(19)20(26)15-29-17-7-3-2-4-8-17/h2-4,7-8,10-13,19H,5-6,9,14-15H2,1H3. The molecule has 3 aromatic rings. The summed E-state index contributed by atoms with van der Waals surface area (Å²) in [7, 11) is -3.28. The molecule has 9 heteroatoms. The number of hydrogen-bond donors (Lipinski definition) is 0. The van der Waals surface area contributed by atoms with Gasteiger partial charge in [0, 0.05) is 18.4 Å². The molecule has 162 valence electrons. The van der Waals surface area contributed by atoms with Crippen LogP contribution in [0.25, 0.3) is 11.4 Å². The number of sulfone groups is 1. The third kappa shape index (κ3) is 4.93. The van der Waals surface area contributed by atoms with Gasteiger partial charge in [-0.2, -0.15) is 4.98 Å². The number of likely N-dealkylation sites (tertiary alicyclic amines) is 1. The zero-order chi connectivity index (χ0) is 21.8. The minimum Gasteiger partial charge on any atom is -0.484 e. The summed E-state index contributed by atoms with van der Waals surface area (Å²) in [6, 6.07) is 15.2. The SMILES string of the molecule is CS(=O)(=O)c1ccc(-c2noc(C3CCCCN3C(=O)COc3ccccc3)n2)cc1. The Morgan fingerprint density at radius 3 is 2.58 bits per heavy atom. The molecule has 1 aliphatic heterocycles. The summed E-state index contributed by atoms with van der Waals surface area (Å²) in [5, 5.41) is 4.04. The van der Waals surface area contributed by atoms with Crippen LogP contribution in [0.2, 0.25) is 0 Å². The number of carbonyl (C=O) groups is 1. The van der Waals surface area contributed by atoms with Crippen LogP contribution in [0.5, 0.6) is 5.75 Å². The van der Waals surface area contributed by atoms with Crippen LogP contribution in [0.4, 0.5) is 0 Å². The highest BCUT2D eigenvalue weighted by molar-refractivity contribution is 7.90. The van der Waals surface area contributed by atoms with Gasteiger partial charge in [-0.15, -0.1) is 0 Å². The van der Waals surface area contributed by atoms with Gasteiger partial charge in [-0.25, -0.2) is 8.42 Å². The molecule has 31 heavy (non-hydrogen) atoms. The molecule has 1 aliphatic rings. The fourth-order valence-corrected chi connectivity index (χ4v) is 4.20. The second-order valence-electron chi connectivity index (χ2n) is 7.45. The average Bonchev–Trinajstić information content (AvgIpc) is 3.28. The predicted octanol–water partition coefficient (Wildman–Crippen LogP) is 3.27. The van der Waals surface area contributed by atoms with Crippen molar-refractivity contribution in [3.63, 3.8) is 0 Å². The van der Waals surface area contributed by atoms with Crippen molar-refractivity contribution in [1.29, 1.82) is 0 Å². The number of para-hydroxylation sites is 1. The summed E-state index contributed by atoms with van der Waals surface area (Å²) in [5.74, 6) is 1.23. The molecule has 0 spiro atoms. The van der Waals surface area contributed by atoms with Gasteiger partial charge in [-0.05, 0) is 55.7 Å². The fraction of sp³-hybridized carbons (Fsp3) is 0.318. The molecule has 4 rings (SSSR count). The lowest BCUT2D eigenvalue weighted by atomic mass is 10.0. The molecule has 2 heterocycles. The Bertz CT molecular complexity index is 1140. The van der Waals surface area contributed by atoms with Crippen molar-refractivity contribution in [2.75, 3.05) is 19.4 Å². The molecular formula is C22H23N3O5S. The maximum atomic E-state index is 12.8. The van der Waals surface area contributed by atoms with Crippen molar-refractivity contribution >= 4 is 15.7 Å². The zero-order valence-electron chi connectivity index (χ0n) is 17.1. The van der Waals surface area contributed by atoms with Crippen LogP contribution in [0.1, 0.15) is 31.2 Å². The molecule has 1 amide bonds. The molecule has 1 atom stereocenters. The average molecular weight is 442 g/mol. The van der Waals surface area contributed by atoms with Crippen molar-refractivity contribution < 1.29 is 22.5 Å². The minimum absolute atomic E-state index is 0.0611. The van der Waals surface area contributed by atoms with E-state index in [1.807, 2.05) is 18.2 Å². The van der Waals surface area contributed by atoms with Crippen LogP contribution in [0.3, 0.4) is 0 Å². The van der Waals surface area contributed by atoms with Crippen LogP contribution in [0, 0.1) is 0 Å². The summed E-state index contributed by atoms with van der Waals surface area (Å²) < 4.78 is 34.4. The molecule has 2 aromatic carbocycles. The lowest BCUT2D eigenvalue weighted by molar-refractivity contribution is -0.138. The van der Waals surface area contributed by atoms with Gasteiger partial charge in [0.15, 0.2) is 16.4 Å². The summed E-state index contributed by atoms with van der Waals surface area (Å²) in [5.41, 5.74) is 0.642. The fourth-order valence-electron chi connectivity index (χ4n) is 3.57. The maximum Gasteiger partial charge on any atom is 0.261 e. The maximum absolute atomic E-state index is 12.8. The molecule has 0 N–H and O–H groups in total. The highest BCUT2D eigenvalue weighted by Gasteiger charge is 2.32. The predicted molar refractivity (Wildman–Crippen MR) is 113 cm³/mol. The number of benzene rings is 2. The van der Waals surface area contributed by atoms with Crippen LogP contribution < -0.4 is 4.74 Å². The first-order chi connectivity index (χ1) is 14.9. The number of carbonyl (C=O) groups excluding carboxylic acids is 1. The number of nitrogens with zero attached hydrogens (tertiary/aromatic N) is 3. The topological polar surface area (TPSA) is 103 Å². The van der Waals surface area contributed by atoms with Gasteiger partial charge in [0.25, 0.3) is 5.91 Å². The van der Waals surface area contributed by atoms with E-state index in [4.69, 9.17) is 9.26 Å². The Morgan fingerprint density at radius 1 is 1.13 bits per heavy atom. The number of aromatic nitrogens is 2. The molecule has 1 saturated heterocycles. The van der Waals surface area contributed by atoms with Crippen molar-refractivity contribution in [3.05, 3.63) is 60.5 Å². The number of hydrogen-bond acceptors (Lipinski definition) is 7. The molecule has 0 aliphatic carbocycles. The molecule has 8 nitrogen and oxygen atoms in total. The Hall–Kier alpha value is -3.20. The Labute approximate surface area is 180 Å². The molecule has 1 fully saturated rings. The van der Waals surface area contributed by atoms with E-state index in [0.717, 1.165) is 25.5 Å². The van der Waals surface area contributed by atoms with Gasteiger partial charge in [-0.3, -0.25) is 4.79 Å². The highest BCUT2D eigenvalue weighted by atomic mass is 32.2. The van der Waals surface area contributed by atoms with Crippen LogP contribution >= 0.6 is 0 Å². The highest BCUT2D eigenvalue weighted by Crippen LogP contribution is 2.31. The quantitative estimate of drug-likeness (QED) is 0.578. The van der Waals surface area contributed by atoms with E-state index >= 15 is 0 Å².